The summed E-state index contributed by atoms with van der Waals surface area (Å²) in [6.07, 6.45) is 2.59. The highest BCUT2D eigenvalue weighted by Crippen LogP contribution is 2.06. The number of hydrogen-bond acceptors (Lipinski definition) is 3. The van der Waals surface area contributed by atoms with E-state index in [2.05, 4.69) is 14.1 Å². The Morgan fingerprint density at radius 1 is 1.21 bits per heavy atom. The number of likely N-dealkylation sites (N-methyl/N-ethyl adjacent to an activating group) is 1. The highest BCUT2D eigenvalue weighted by atomic mass is 16.5. The fourth-order valence-electron chi connectivity index (χ4n) is 1.63. The van der Waals surface area contributed by atoms with Gasteiger partial charge in [-0.3, -0.25) is 9.59 Å². The Hall–Kier alpha value is -1.10. The molecule has 0 aliphatic rings. The van der Waals surface area contributed by atoms with Crippen LogP contribution < -0.4 is 0 Å². The summed E-state index contributed by atoms with van der Waals surface area (Å²) in [5, 5.41) is 8.56. The zero-order valence-corrected chi connectivity index (χ0v) is 12.6. The molecule has 0 spiro atoms. The molecule has 0 aromatic carbocycles. The molecule has 5 heteroatoms. The van der Waals surface area contributed by atoms with E-state index in [4.69, 9.17) is 9.84 Å². The molecule has 5 nitrogen and oxygen atoms in total. The molecule has 112 valence electrons. The summed E-state index contributed by atoms with van der Waals surface area (Å²) < 4.78 is 5.97. The maximum Gasteiger partial charge on any atom is 0.308 e. The molecule has 0 aliphatic carbocycles. The third kappa shape index (κ3) is 9.47. The summed E-state index contributed by atoms with van der Waals surface area (Å²) >= 11 is 0. The maximum atomic E-state index is 11.5. The Kier molecular flexibility index (Phi) is 8.39. The number of carbonyl (C=O) groups excluding carboxylic acids is 1. The van der Waals surface area contributed by atoms with Crippen molar-refractivity contribution in [2.24, 2.45) is 5.92 Å². The monoisotopic (exact) mass is 274 g/mol. The Balaban J connectivity index is 3.78. The lowest BCUT2D eigenvalue weighted by atomic mass is 10.1. The number of nitrogens with zero attached hydrogens (tertiary/aromatic N) is 1. The fourth-order valence-corrected chi connectivity index (χ4v) is 1.63. The molecule has 0 aliphatic heterocycles. The van der Waals surface area contributed by atoms with Crippen molar-refractivity contribution in [2.75, 3.05) is 33.8 Å². The quantitative estimate of drug-likeness (QED) is 0.375. The molecule has 1 atom stereocenters. The Morgan fingerprint density at radius 3 is 2.37 bits per heavy atom. The van der Waals surface area contributed by atoms with Gasteiger partial charge in [0.1, 0.15) is 13.2 Å². The smallest absolute Gasteiger partial charge is 0.308 e. The number of hydrogen-bond donors (Lipinski definition) is 1. The highest BCUT2D eigenvalue weighted by molar-refractivity contribution is 5.71. The van der Waals surface area contributed by atoms with Gasteiger partial charge in [-0.2, -0.15) is 0 Å². The summed E-state index contributed by atoms with van der Waals surface area (Å²) in [7, 11) is 4.13. The number of esters is 1. The van der Waals surface area contributed by atoms with E-state index in [1.54, 1.807) is 0 Å². The van der Waals surface area contributed by atoms with E-state index < -0.39 is 5.97 Å². The summed E-state index contributed by atoms with van der Waals surface area (Å²) in [5.74, 6) is -0.910. The van der Waals surface area contributed by atoms with E-state index in [1.165, 1.54) is 0 Å². The topological polar surface area (TPSA) is 63.6 Å². The maximum absolute atomic E-state index is 11.5. The number of unbranched alkanes of at least 4 members (excludes halogenated alkanes) is 1. The Morgan fingerprint density at radius 2 is 1.84 bits per heavy atom. The van der Waals surface area contributed by atoms with Gasteiger partial charge in [-0.15, -0.1) is 0 Å². The van der Waals surface area contributed by atoms with Crippen LogP contribution in [0.2, 0.25) is 0 Å². The van der Waals surface area contributed by atoms with Gasteiger partial charge in [0, 0.05) is 6.42 Å². The molecule has 0 amide bonds. The van der Waals surface area contributed by atoms with Crippen molar-refractivity contribution in [3.05, 3.63) is 0 Å². The molecule has 0 aromatic heterocycles. The van der Waals surface area contributed by atoms with Gasteiger partial charge < -0.3 is 14.3 Å². The van der Waals surface area contributed by atoms with Gasteiger partial charge in [-0.25, -0.2) is 0 Å². The molecule has 0 saturated carbocycles. The van der Waals surface area contributed by atoms with E-state index in [0.717, 1.165) is 30.4 Å². The van der Waals surface area contributed by atoms with Gasteiger partial charge in [0.15, 0.2) is 0 Å². The van der Waals surface area contributed by atoms with Crippen LogP contribution in [0.25, 0.3) is 0 Å². The standard InChI is InChI=1S/C14H27NO4/c1-5-12(2)14(18)19-11-10-15(3,4)9-7-6-8-13(16)17/h12H,5-11H2,1-4H3/p+1. The predicted octanol–water partition coefficient (Wildman–Crippen LogP) is 1.91. The summed E-state index contributed by atoms with van der Waals surface area (Å²) in [6.45, 7) is 5.92. The number of ether oxygens (including phenoxy) is 1. The van der Waals surface area contributed by atoms with Crippen LogP contribution in [0, 0.1) is 5.92 Å². The van der Waals surface area contributed by atoms with Crippen LogP contribution in [0.1, 0.15) is 39.5 Å². The summed E-state index contributed by atoms with van der Waals surface area (Å²) in [4.78, 5) is 21.9. The van der Waals surface area contributed by atoms with E-state index in [1.807, 2.05) is 13.8 Å². The largest absolute Gasteiger partial charge is 0.481 e. The average molecular weight is 274 g/mol. The molecule has 0 fully saturated rings. The first-order valence-corrected chi connectivity index (χ1v) is 6.99. The van der Waals surface area contributed by atoms with Crippen LogP contribution in [0.4, 0.5) is 0 Å². The molecule has 0 rings (SSSR count). The van der Waals surface area contributed by atoms with Crippen molar-refractivity contribution in [1.82, 2.24) is 0 Å². The van der Waals surface area contributed by atoms with E-state index in [-0.39, 0.29) is 18.3 Å². The SMILES string of the molecule is CCC(C)C(=O)OCC[N+](C)(C)CCCCC(=O)O. The van der Waals surface area contributed by atoms with Crippen molar-refractivity contribution in [2.45, 2.75) is 39.5 Å². The van der Waals surface area contributed by atoms with Crippen LogP contribution in [0.5, 0.6) is 0 Å². The minimum Gasteiger partial charge on any atom is -0.481 e. The molecule has 0 heterocycles. The number of aliphatic carboxylic acids is 1. The van der Waals surface area contributed by atoms with Crippen molar-refractivity contribution in [3.8, 4) is 0 Å². The molecule has 0 bridgehead atoms. The molecular formula is C14H28NO4+. The normalized spacial score (nSPS) is 13.1. The van der Waals surface area contributed by atoms with Gasteiger partial charge in [0.05, 0.1) is 26.6 Å². The van der Waals surface area contributed by atoms with E-state index >= 15 is 0 Å². The first-order chi connectivity index (χ1) is 8.78. The second-order valence-corrected chi connectivity index (χ2v) is 5.71. The van der Waals surface area contributed by atoms with Crippen LogP contribution in [-0.2, 0) is 14.3 Å². The molecule has 1 N–H and O–H groups in total. The zero-order valence-electron chi connectivity index (χ0n) is 12.6. The number of carbonyl (C=O) groups is 2. The predicted molar refractivity (Wildman–Crippen MR) is 73.7 cm³/mol. The highest BCUT2D eigenvalue weighted by Gasteiger charge is 2.17. The molecule has 19 heavy (non-hydrogen) atoms. The lowest BCUT2D eigenvalue weighted by molar-refractivity contribution is -0.890. The third-order valence-electron chi connectivity index (χ3n) is 3.36. The first-order valence-electron chi connectivity index (χ1n) is 6.99. The fraction of sp³-hybridized carbons (Fsp3) is 0.857. The Bertz CT molecular complexity index is 289. The van der Waals surface area contributed by atoms with Crippen molar-refractivity contribution in [3.63, 3.8) is 0 Å². The van der Waals surface area contributed by atoms with Crippen molar-refractivity contribution >= 4 is 11.9 Å². The second-order valence-electron chi connectivity index (χ2n) is 5.71. The van der Waals surface area contributed by atoms with Crippen molar-refractivity contribution in [1.29, 1.82) is 0 Å². The van der Waals surface area contributed by atoms with Gasteiger partial charge in [-0.05, 0) is 19.3 Å². The molecule has 0 radical (unpaired) electrons. The van der Waals surface area contributed by atoms with Crippen molar-refractivity contribution < 1.29 is 23.9 Å². The molecule has 0 saturated heterocycles. The number of quaternary nitrogens is 1. The zero-order chi connectivity index (χ0) is 14.9. The lowest BCUT2D eigenvalue weighted by Gasteiger charge is -2.29. The number of carboxylic acids is 1. The molecule has 0 aromatic rings. The molecular weight excluding hydrogens is 246 g/mol. The summed E-state index contributed by atoms with van der Waals surface area (Å²) in [6, 6.07) is 0. The van der Waals surface area contributed by atoms with Gasteiger partial charge in [-0.1, -0.05) is 13.8 Å². The lowest BCUT2D eigenvalue weighted by Crippen LogP contribution is -2.43. The number of rotatable bonds is 10. The minimum absolute atomic E-state index is 0.0359. The van der Waals surface area contributed by atoms with E-state index in [9.17, 15) is 9.59 Å². The minimum atomic E-state index is -0.743. The van der Waals surface area contributed by atoms with E-state index in [0.29, 0.717) is 13.0 Å². The van der Waals surface area contributed by atoms with Crippen LogP contribution in [0.3, 0.4) is 0 Å². The van der Waals surface area contributed by atoms with Gasteiger partial charge in [0.25, 0.3) is 0 Å². The van der Waals surface area contributed by atoms with Crippen LogP contribution >= 0.6 is 0 Å². The van der Waals surface area contributed by atoms with Gasteiger partial charge >= 0.3 is 11.9 Å². The van der Waals surface area contributed by atoms with Gasteiger partial charge in [0.2, 0.25) is 0 Å². The Labute approximate surface area is 116 Å². The third-order valence-corrected chi connectivity index (χ3v) is 3.36. The number of carboxylic acid groups (broad SMARTS) is 1. The van der Waals surface area contributed by atoms with Crippen LogP contribution in [0.15, 0.2) is 0 Å². The second kappa shape index (κ2) is 8.91. The molecule has 1 unspecified atom stereocenters. The average Bonchev–Trinajstić information content (AvgIpc) is 2.33. The summed E-state index contributed by atoms with van der Waals surface area (Å²) in [5.41, 5.74) is 0. The van der Waals surface area contributed by atoms with Crippen LogP contribution in [-0.4, -0.2) is 55.3 Å². The first kappa shape index (κ1) is 17.9.